The van der Waals surface area contributed by atoms with E-state index >= 15 is 0 Å². The predicted molar refractivity (Wildman–Crippen MR) is 77.3 cm³/mol. The predicted octanol–water partition coefficient (Wildman–Crippen LogP) is 2.23. The topological polar surface area (TPSA) is 90.0 Å². The summed E-state index contributed by atoms with van der Waals surface area (Å²) >= 11 is 0. The van der Waals surface area contributed by atoms with Crippen molar-refractivity contribution in [2.45, 2.75) is 20.4 Å². The van der Waals surface area contributed by atoms with Gasteiger partial charge in [0.1, 0.15) is 0 Å². The fourth-order valence-corrected chi connectivity index (χ4v) is 2.40. The normalized spacial score (nSPS) is 16.1. The molecule has 0 bridgehead atoms. The minimum atomic E-state index is 0.635. The molecule has 0 aromatic heterocycles. The molecule has 0 amide bonds. The summed E-state index contributed by atoms with van der Waals surface area (Å²) in [6.45, 7) is 8.87. The number of nitrogens with one attached hydrogen (secondary N) is 1. The Morgan fingerprint density at radius 2 is 2.05 bits per heavy atom. The maximum Gasteiger partial charge on any atom is 0.0428 e. The third-order valence-corrected chi connectivity index (χ3v) is 3.74. The summed E-state index contributed by atoms with van der Waals surface area (Å²) < 4.78 is 0. The van der Waals surface area contributed by atoms with Crippen molar-refractivity contribution in [3.05, 3.63) is 33.2 Å². The van der Waals surface area contributed by atoms with Crippen molar-refractivity contribution in [2.24, 2.45) is 5.11 Å². The molecule has 0 unspecified atom stereocenters. The third-order valence-electron chi connectivity index (χ3n) is 3.74. The number of nitrogens with zero attached hydrogens (tertiary/aromatic N) is 4. The van der Waals surface area contributed by atoms with Gasteiger partial charge in [-0.25, -0.2) is 0 Å². The van der Waals surface area contributed by atoms with Gasteiger partial charge < -0.3 is 11.1 Å². The summed E-state index contributed by atoms with van der Waals surface area (Å²) in [6, 6.07) is 1.96. The van der Waals surface area contributed by atoms with E-state index in [4.69, 9.17) is 11.3 Å². The zero-order chi connectivity index (χ0) is 13.8. The number of rotatable bonds is 3. The first kappa shape index (κ1) is 13.7. The Kier molecular flexibility index (Phi) is 4.27. The van der Waals surface area contributed by atoms with Gasteiger partial charge >= 0.3 is 0 Å². The van der Waals surface area contributed by atoms with E-state index in [9.17, 15) is 0 Å². The van der Waals surface area contributed by atoms with Crippen LogP contribution in [-0.2, 0) is 6.54 Å². The van der Waals surface area contributed by atoms with Crippen LogP contribution in [0.2, 0.25) is 0 Å². The van der Waals surface area contributed by atoms with Crippen molar-refractivity contribution in [3.8, 4) is 0 Å². The van der Waals surface area contributed by atoms with Crippen LogP contribution in [-0.4, -0.2) is 31.1 Å². The molecule has 0 saturated carbocycles. The van der Waals surface area contributed by atoms with E-state index in [0.29, 0.717) is 5.69 Å². The molecule has 19 heavy (non-hydrogen) atoms. The zero-order valence-corrected chi connectivity index (χ0v) is 11.5. The molecule has 102 valence electrons. The molecular weight excluding hydrogens is 240 g/mol. The van der Waals surface area contributed by atoms with Crippen LogP contribution in [0.1, 0.15) is 16.7 Å². The molecule has 1 aromatic rings. The Morgan fingerprint density at radius 1 is 1.37 bits per heavy atom. The van der Waals surface area contributed by atoms with Crippen LogP contribution in [0.15, 0.2) is 11.2 Å². The number of nitrogens with two attached hydrogens (primary N) is 1. The minimum Gasteiger partial charge on any atom is -0.398 e. The highest BCUT2D eigenvalue weighted by Crippen LogP contribution is 2.31. The van der Waals surface area contributed by atoms with Gasteiger partial charge in [-0.05, 0) is 42.1 Å². The molecule has 0 radical (unpaired) electrons. The summed E-state index contributed by atoms with van der Waals surface area (Å²) in [5.74, 6) is 0. The first-order valence-corrected chi connectivity index (χ1v) is 6.50. The summed E-state index contributed by atoms with van der Waals surface area (Å²) in [6.07, 6.45) is 0. The van der Waals surface area contributed by atoms with Crippen molar-refractivity contribution in [2.75, 3.05) is 31.9 Å². The molecule has 1 fully saturated rings. The Balaban J connectivity index is 2.30. The van der Waals surface area contributed by atoms with E-state index < -0.39 is 0 Å². The van der Waals surface area contributed by atoms with Crippen molar-refractivity contribution >= 4 is 11.4 Å². The molecule has 6 nitrogen and oxygen atoms in total. The molecule has 1 aliphatic heterocycles. The van der Waals surface area contributed by atoms with E-state index in [2.05, 4.69) is 20.2 Å². The Hall–Kier alpha value is -1.75. The van der Waals surface area contributed by atoms with Gasteiger partial charge in [0.15, 0.2) is 0 Å². The monoisotopic (exact) mass is 260 g/mol. The van der Waals surface area contributed by atoms with Gasteiger partial charge in [0.25, 0.3) is 0 Å². The fourth-order valence-electron chi connectivity index (χ4n) is 2.40. The lowest BCUT2D eigenvalue weighted by atomic mass is 10.0. The highest BCUT2D eigenvalue weighted by Gasteiger charge is 2.14. The smallest absolute Gasteiger partial charge is 0.0428 e. The van der Waals surface area contributed by atoms with Crippen molar-refractivity contribution in [3.63, 3.8) is 0 Å². The van der Waals surface area contributed by atoms with E-state index in [-0.39, 0.29) is 0 Å². The molecular formula is C13H20N6. The quantitative estimate of drug-likeness (QED) is 0.378. The number of anilines is 1. The molecule has 0 spiro atoms. The Morgan fingerprint density at radius 3 is 2.68 bits per heavy atom. The van der Waals surface area contributed by atoms with Gasteiger partial charge in [-0.15, -0.1) is 0 Å². The number of benzene rings is 1. The van der Waals surface area contributed by atoms with Crippen LogP contribution in [0, 0.1) is 13.8 Å². The van der Waals surface area contributed by atoms with Crippen LogP contribution in [0.25, 0.3) is 10.4 Å². The molecule has 1 saturated heterocycles. The first-order valence-electron chi connectivity index (χ1n) is 6.50. The van der Waals surface area contributed by atoms with Crippen LogP contribution in [0.3, 0.4) is 0 Å². The SMILES string of the molecule is Cc1c(CN2CCNCC2)cc(N=[N+]=[N-])c(C)c1N. The molecule has 3 N–H and O–H groups in total. The van der Waals surface area contributed by atoms with Crippen LogP contribution in [0.5, 0.6) is 0 Å². The van der Waals surface area contributed by atoms with E-state index in [1.165, 1.54) is 0 Å². The molecule has 6 heteroatoms. The lowest BCUT2D eigenvalue weighted by Gasteiger charge is -2.28. The fraction of sp³-hybridized carbons (Fsp3) is 0.538. The summed E-state index contributed by atoms with van der Waals surface area (Å²) in [7, 11) is 0. The lowest BCUT2D eigenvalue weighted by Crippen LogP contribution is -2.43. The van der Waals surface area contributed by atoms with Crippen LogP contribution in [0.4, 0.5) is 11.4 Å². The second-order valence-electron chi connectivity index (χ2n) is 4.93. The molecule has 0 atom stereocenters. The molecule has 1 aliphatic rings. The number of piperazine rings is 1. The van der Waals surface area contributed by atoms with Gasteiger partial charge in [0, 0.05) is 49.0 Å². The van der Waals surface area contributed by atoms with Gasteiger partial charge in [0.05, 0.1) is 0 Å². The van der Waals surface area contributed by atoms with Crippen LogP contribution < -0.4 is 11.1 Å². The second-order valence-corrected chi connectivity index (χ2v) is 4.93. The summed E-state index contributed by atoms with van der Waals surface area (Å²) in [5.41, 5.74) is 19.2. The molecule has 0 aliphatic carbocycles. The second kappa shape index (κ2) is 5.93. The maximum absolute atomic E-state index is 8.62. The van der Waals surface area contributed by atoms with Crippen molar-refractivity contribution in [1.82, 2.24) is 10.2 Å². The standard InChI is InChI=1S/C13H20N6/c1-9-11(8-19-5-3-16-4-6-19)7-12(17-18-15)10(2)13(9)14/h7,16H,3-6,8,14H2,1-2H3. The Bertz CT molecular complexity index is 512. The summed E-state index contributed by atoms with van der Waals surface area (Å²) in [4.78, 5) is 5.25. The number of azide groups is 1. The van der Waals surface area contributed by atoms with Crippen molar-refractivity contribution < 1.29 is 0 Å². The number of nitrogen functional groups attached to an aromatic ring is 1. The summed E-state index contributed by atoms with van der Waals surface area (Å²) in [5, 5.41) is 7.07. The minimum absolute atomic E-state index is 0.635. The maximum atomic E-state index is 8.62. The van der Waals surface area contributed by atoms with Gasteiger partial charge in [-0.2, -0.15) is 0 Å². The average Bonchev–Trinajstić information content (AvgIpc) is 2.43. The molecule has 1 aromatic carbocycles. The van der Waals surface area contributed by atoms with Gasteiger partial charge in [-0.1, -0.05) is 5.11 Å². The number of hydrogen-bond donors (Lipinski definition) is 2. The average molecular weight is 260 g/mol. The van der Waals surface area contributed by atoms with Crippen LogP contribution >= 0.6 is 0 Å². The zero-order valence-electron chi connectivity index (χ0n) is 11.5. The third kappa shape index (κ3) is 2.98. The van der Waals surface area contributed by atoms with E-state index in [1.807, 2.05) is 19.9 Å². The van der Waals surface area contributed by atoms with E-state index in [1.54, 1.807) is 0 Å². The van der Waals surface area contributed by atoms with Crippen molar-refractivity contribution in [1.29, 1.82) is 0 Å². The highest BCUT2D eigenvalue weighted by atomic mass is 15.2. The number of hydrogen-bond acceptors (Lipinski definition) is 4. The van der Waals surface area contributed by atoms with Gasteiger partial charge in [0.2, 0.25) is 0 Å². The highest BCUT2D eigenvalue weighted by molar-refractivity contribution is 5.66. The molecule has 2 rings (SSSR count). The first-order chi connectivity index (χ1) is 9.13. The Labute approximate surface area is 113 Å². The molecule has 1 heterocycles. The lowest BCUT2D eigenvalue weighted by molar-refractivity contribution is 0.233. The van der Waals surface area contributed by atoms with E-state index in [0.717, 1.165) is 55.1 Å². The largest absolute Gasteiger partial charge is 0.398 e. The van der Waals surface area contributed by atoms with Gasteiger partial charge in [-0.3, -0.25) is 4.90 Å².